The average molecular weight is 338 g/mol. The fraction of sp³-hybridized carbons (Fsp3) is 0.467. The van der Waals surface area contributed by atoms with Gasteiger partial charge in [-0.15, -0.1) is 0 Å². The maximum atomic E-state index is 12.7. The fourth-order valence-corrected chi connectivity index (χ4v) is 2.55. The average Bonchev–Trinajstić information content (AvgIpc) is 3.03. The molecule has 1 N–H and O–H groups in total. The molecule has 3 rings (SSSR count). The van der Waals surface area contributed by atoms with Crippen LogP contribution in [-0.2, 0) is 12.6 Å². The zero-order valence-electron chi connectivity index (χ0n) is 13.1. The van der Waals surface area contributed by atoms with E-state index in [1.807, 2.05) is 11.8 Å². The van der Waals surface area contributed by atoms with E-state index in [0.29, 0.717) is 12.5 Å². The summed E-state index contributed by atoms with van der Waals surface area (Å²) in [5, 5.41) is 3.03. The second kappa shape index (κ2) is 6.58. The smallest absolute Gasteiger partial charge is 0.365 e. The fourth-order valence-electron chi connectivity index (χ4n) is 2.55. The summed E-state index contributed by atoms with van der Waals surface area (Å²) in [7, 11) is 0. The summed E-state index contributed by atoms with van der Waals surface area (Å²) in [6, 6.07) is 0.908. The molecule has 0 bridgehead atoms. The maximum Gasteiger partial charge on any atom is 0.433 e. The van der Waals surface area contributed by atoms with E-state index in [1.54, 1.807) is 12.4 Å². The number of aromatic nitrogens is 4. The van der Waals surface area contributed by atoms with Crippen LogP contribution < -0.4 is 10.2 Å². The van der Waals surface area contributed by atoms with Crippen molar-refractivity contribution >= 4 is 11.8 Å². The van der Waals surface area contributed by atoms with Crippen LogP contribution in [0.25, 0.3) is 0 Å². The van der Waals surface area contributed by atoms with Gasteiger partial charge in [-0.05, 0) is 18.4 Å². The van der Waals surface area contributed by atoms with E-state index in [4.69, 9.17) is 0 Å². The monoisotopic (exact) mass is 338 g/mol. The molecule has 1 atom stereocenters. The molecule has 0 aliphatic carbocycles. The first-order valence-corrected chi connectivity index (χ1v) is 7.67. The Labute approximate surface area is 137 Å². The highest BCUT2D eigenvalue weighted by Gasteiger charge is 2.33. The lowest BCUT2D eigenvalue weighted by Gasteiger charge is -2.17. The SMILES string of the molecule is CCc1cnc(N2CCC(Nc3cc(C(F)(F)F)ncn3)C2)nc1. The van der Waals surface area contributed by atoms with Crippen LogP contribution >= 0.6 is 0 Å². The van der Waals surface area contributed by atoms with Crippen LogP contribution in [0.1, 0.15) is 24.6 Å². The lowest BCUT2D eigenvalue weighted by Crippen LogP contribution is -2.27. The molecule has 2 aromatic heterocycles. The Bertz CT molecular complexity index is 688. The van der Waals surface area contributed by atoms with E-state index in [1.165, 1.54) is 0 Å². The molecule has 0 aromatic carbocycles. The molecule has 1 fully saturated rings. The summed E-state index contributed by atoms with van der Waals surface area (Å²) in [6.07, 6.45) is 1.68. The van der Waals surface area contributed by atoms with Gasteiger partial charge in [0, 0.05) is 37.6 Å². The van der Waals surface area contributed by atoms with Gasteiger partial charge in [-0.1, -0.05) is 6.92 Å². The lowest BCUT2D eigenvalue weighted by atomic mass is 10.2. The molecule has 1 unspecified atom stereocenters. The van der Waals surface area contributed by atoms with Crippen LogP contribution in [0.2, 0.25) is 0 Å². The zero-order valence-corrected chi connectivity index (χ0v) is 13.1. The van der Waals surface area contributed by atoms with Gasteiger partial charge in [0.2, 0.25) is 5.95 Å². The highest BCUT2D eigenvalue weighted by atomic mass is 19.4. The second-order valence-corrected chi connectivity index (χ2v) is 5.61. The molecular formula is C15H17F3N6. The first-order valence-electron chi connectivity index (χ1n) is 7.67. The Kier molecular flexibility index (Phi) is 4.50. The van der Waals surface area contributed by atoms with Crippen molar-refractivity contribution in [3.63, 3.8) is 0 Å². The number of nitrogens with one attached hydrogen (secondary N) is 1. The van der Waals surface area contributed by atoms with Crippen LogP contribution in [0, 0.1) is 0 Å². The van der Waals surface area contributed by atoms with Gasteiger partial charge in [-0.2, -0.15) is 13.2 Å². The predicted octanol–water partition coefficient (Wildman–Crippen LogP) is 2.54. The van der Waals surface area contributed by atoms with Crippen molar-refractivity contribution in [2.24, 2.45) is 0 Å². The Morgan fingerprint density at radius 3 is 2.62 bits per heavy atom. The van der Waals surface area contributed by atoms with Crippen LogP contribution in [-0.4, -0.2) is 39.1 Å². The minimum absolute atomic E-state index is 0.0181. The Morgan fingerprint density at radius 1 is 1.21 bits per heavy atom. The zero-order chi connectivity index (χ0) is 17.2. The molecule has 0 radical (unpaired) electrons. The van der Waals surface area contributed by atoms with Gasteiger partial charge in [0.05, 0.1) is 0 Å². The number of alkyl halides is 3. The van der Waals surface area contributed by atoms with E-state index < -0.39 is 11.9 Å². The molecule has 1 aliphatic heterocycles. The summed E-state index contributed by atoms with van der Waals surface area (Å²) in [5.74, 6) is 0.807. The van der Waals surface area contributed by atoms with E-state index >= 15 is 0 Å². The van der Waals surface area contributed by atoms with Gasteiger partial charge >= 0.3 is 6.18 Å². The Morgan fingerprint density at radius 2 is 1.96 bits per heavy atom. The Balaban J connectivity index is 1.64. The third-order valence-electron chi connectivity index (χ3n) is 3.88. The third kappa shape index (κ3) is 3.72. The van der Waals surface area contributed by atoms with Crippen LogP contribution in [0.15, 0.2) is 24.8 Å². The van der Waals surface area contributed by atoms with Crippen LogP contribution in [0.3, 0.4) is 0 Å². The summed E-state index contributed by atoms with van der Waals surface area (Å²) >= 11 is 0. The van der Waals surface area contributed by atoms with Gasteiger partial charge in [0.1, 0.15) is 17.8 Å². The number of hydrogen-bond donors (Lipinski definition) is 1. The topological polar surface area (TPSA) is 66.8 Å². The van der Waals surface area contributed by atoms with Crippen molar-refractivity contribution in [3.8, 4) is 0 Å². The van der Waals surface area contributed by atoms with Crippen molar-refractivity contribution in [1.82, 2.24) is 19.9 Å². The van der Waals surface area contributed by atoms with Gasteiger partial charge < -0.3 is 10.2 Å². The largest absolute Gasteiger partial charge is 0.433 e. The van der Waals surface area contributed by atoms with Gasteiger partial charge in [0.15, 0.2) is 0 Å². The molecule has 3 heterocycles. The molecule has 1 aliphatic rings. The number of anilines is 2. The van der Waals surface area contributed by atoms with Crippen molar-refractivity contribution in [1.29, 1.82) is 0 Å². The first-order chi connectivity index (χ1) is 11.5. The van der Waals surface area contributed by atoms with Crippen LogP contribution in [0.5, 0.6) is 0 Å². The predicted molar refractivity (Wildman–Crippen MR) is 82.7 cm³/mol. The maximum absolute atomic E-state index is 12.7. The van der Waals surface area contributed by atoms with E-state index in [2.05, 4.69) is 25.3 Å². The van der Waals surface area contributed by atoms with E-state index in [0.717, 1.165) is 37.3 Å². The van der Waals surface area contributed by atoms with Gasteiger partial charge in [-0.25, -0.2) is 19.9 Å². The van der Waals surface area contributed by atoms with E-state index in [-0.39, 0.29) is 11.9 Å². The number of hydrogen-bond acceptors (Lipinski definition) is 6. The second-order valence-electron chi connectivity index (χ2n) is 5.61. The third-order valence-corrected chi connectivity index (χ3v) is 3.88. The number of aryl methyl sites for hydroxylation is 1. The van der Waals surface area contributed by atoms with Crippen LogP contribution in [0.4, 0.5) is 24.9 Å². The van der Waals surface area contributed by atoms with Crippen molar-refractivity contribution in [2.45, 2.75) is 32.0 Å². The highest BCUT2D eigenvalue weighted by Crippen LogP contribution is 2.28. The summed E-state index contributed by atoms with van der Waals surface area (Å²) < 4.78 is 38.1. The molecular weight excluding hydrogens is 321 g/mol. The standard InChI is InChI=1S/C15H17F3N6/c1-2-10-6-19-14(20-7-10)24-4-3-11(8-24)23-13-5-12(15(16,17)18)21-9-22-13/h5-7,9,11H,2-4,8H2,1H3,(H,21,22,23). The van der Waals surface area contributed by atoms with Gasteiger partial charge in [0.25, 0.3) is 0 Å². The minimum Gasteiger partial charge on any atom is -0.365 e. The van der Waals surface area contributed by atoms with Crippen molar-refractivity contribution < 1.29 is 13.2 Å². The molecule has 0 amide bonds. The summed E-state index contributed by atoms with van der Waals surface area (Å²) in [4.78, 5) is 17.8. The van der Waals surface area contributed by atoms with Crippen molar-refractivity contribution in [3.05, 3.63) is 36.0 Å². The number of nitrogens with zero attached hydrogens (tertiary/aromatic N) is 5. The van der Waals surface area contributed by atoms with Crippen molar-refractivity contribution in [2.75, 3.05) is 23.3 Å². The molecule has 0 saturated carbocycles. The molecule has 1 saturated heterocycles. The quantitative estimate of drug-likeness (QED) is 0.924. The van der Waals surface area contributed by atoms with Gasteiger partial charge in [-0.3, -0.25) is 0 Å². The first kappa shape index (κ1) is 16.4. The highest BCUT2D eigenvalue weighted by molar-refractivity contribution is 5.40. The molecule has 128 valence electrons. The summed E-state index contributed by atoms with van der Waals surface area (Å²) in [5.41, 5.74) is 0.113. The number of rotatable bonds is 4. The molecule has 9 heteroatoms. The lowest BCUT2D eigenvalue weighted by molar-refractivity contribution is -0.141. The molecule has 2 aromatic rings. The normalized spacial score (nSPS) is 18.0. The molecule has 0 spiro atoms. The van der Waals surface area contributed by atoms with E-state index in [9.17, 15) is 13.2 Å². The minimum atomic E-state index is -4.48. The Hall–Kier alpha value is -2.45. The molecule has 6 nitrogen and oxygen atoms in total. The number of halogens is 3. The molecule has 24 heavy (non-hydrogen) atoms. The summed E-state index contributed by atoms with van der Waals surface area (Å²) in [6.45, 7) is 3.38.